The fourth-order valence-electron chi connectivity index (χ4n) is 1.85. The summed E-state index contributed by atoms with van der Waals surface area (Å²) in [6.45, 7) is 8.06. The highest BCUT2D eigenvalue weighted by Crippen LogP contribution is 2.21. The van der Waals surface area contributed by atoms with Gasteiger partial charge in [-0.15, -0.1) is 10.2 Å². The summed E-state index contributed by atoms with van der Waals surface area (Å²) in [5, 5.41) is 10.1. The molecule has 1 aromatic heterocycles. The molecule has 2 N–H and O–H groups in total. The van der Waals surface area contributed by atoms with Crippen LogP contribution in [0.15, 0.2) is 4.34 Å². The average molecular weight is 363 g/mol. The molecule has 0 aliphatic heterocycles. The van der Waals surface area contributed by atoms with Gasteiger partial charge in [0.2, 0.25) is 15.4 Å². The number of rotatable bonds is 10. The summed E-state index contributed by atoms with van der Waals surface area (Å²) in [5.74, 6) is -0.109. The topological polar surface area (TPSA) is 101 Å². The molecular weight excluding hydrogens is 336 g/mol. The molecule has 1 unspecified atom stereocenters. The minimum absolute atomic E-state index is 0.123. The maximum Gasteiger partial charge on any atom is 0.269 e. The highest BCUT2D eigenvalue weighted by atomic mass is 32.2. The van der Waals surface area contributed by atoms with Gasteiger partial charge in [-0.25, -0.2) is 13.1 Å². The molecule has 9 heteroatoms. The Bertz CT molecular complexity index is 599. The zero-order chi connectivity index (χ0) is 17.5. The Morgan fingerprint density at radius 2 is 1.96 bits per heavy atom. The van der Waals surface area contributed by atoms with Crippen molar-refractivity contribution >= 4 is 32.4 Å². The molecule has 7 nitrogen and oxygen atoms in total. The number of hydrogen-bond acceptors (Lipinski definition) is 6. The minimum atomic E-state index is -3.68. The van der Waals surface area contributed by atoms with Crippen molar-refractivity contribution in [3.8, 4) is 0 Å². The van der Waals surface area contributed by atoms with Crippen LogP contribution in [-0.4, -0.2) is 31.1 Å². The molecule has 0 saturated carbocycles. The van der Waals surface area contributed by atoms with Crippen molar-refractivity contribution in [1.82, 2.24) is 14.9 Å². The van der Waals surface area contributed by atoms with Crippen LogP contribution in [0.25, 0.3) is 0 Å². The SMILES string of the molecule is CCCCC(CC)CNS(=O)(=O)c1nnc(NC(=O)C(C)C)s1. The fourth-order valence-corrected chi connectivity index (χ4v) is 3.91. The first-order chi connectivity index (χ1) is 10.8. The van der Waals surface area contributed by atoms with Crippen molar-refractivity contribution in [3.63, 3.8) is 0 Å². The van der Waals surface area contributed by atoms with Crippen LogP contribution in [-0.2, 0) is 14.8 Å². The highest BCUT2D eigenvalue weighted by molar-refractivity contribution is 7.91. The first-order valence-corrected chi connectivity index (χ1v) is 10.2. The van der Waals surface area contributed by atoms with E-state index >= 15 is 0 Å². The third kappa shape index (κ3) is 6.52. The number of nitrogens with one attached hydrogen (secondary N) is 2. The van der Waals surface area contributed by atoms with Gasteiger partial charge in [-0.05, 0) is 12.3 Å². The van der Waals surface area contributed by atoms with Gasteiger partial charge in [-0.2, -0.15) is 0 Å². The van der Waals surface area contributed by atoms with Gasteiger partial charge in [0, 0.05) is 12.5 Å². The molecule has 0 bridgehead atoms. The summed E-state index contributed by atoms with van der Waals surface area (Å²) < 4.78 is 27.0. The molecule has 132 valence electrons. The third-order valence-electron chi connectivity index (χ3n) is 3.50. The first kappa shape index (κ1) is 20.0. The highest BCUT2D eigenvalue weighted by Gasteiger charge is 2.22. The number of sulfonamides is 1. The summed E-state index contributed by atoms with van der Waals surface area (Å²) >= 11 is 0.858. The quantitative estimate of drug-likeness (QED) is 0.623. The molecule has 0 fully saturated rings. The zero-order valence-electron chi connectivity index (χ0n) is 14.1. The molecule has 1 rings (SSSR count). The van der Waals surface area contributed by atoms with Gasteiger partial charge in [0.1, 0.15) is 0 Å². The largest absolute Gasteiger partial charge is 0.300 e. The van der Waals surface area contributed by atoms with Gasteiger partial charge in [-0.3, -0.25) is 4.79 Å². The van der Waals surface area contributed by atoms with Crippen molar-refractivity contribution in [2.24, 2.45) is 11.8 Å². The van der Waals surface area contributed by atoms with E-state index in [2.05, 4.69) is 34.1 Å². The molecule has 0 radical (unpaired) electrons. The van der Waals surface area contributed by atoms with Crippen LogP contribution < -0.4 is 10.0 Å². The molecule has 1 heterocycles. The Morgan fingerprint density at radius 3 is 2.52 bits per heavy atom. The predicted octanol–water partition coefficient (Wildman–Crippen LogP) is 2.63. The Morgan fingerprint density at radius 1 is 1.26 bits per heavy atom. The smallest absolute Gasteiger partial charge is 0.269 e. The van der Waals surface area contributed by atoms with Gasteiger partial charge in [0.05, 0.1) is 0 Å². The monoisotopic (exact) mass is 362 g/mol. The number of carbonyl (C=O) groups excluding carboxylic acids is 1. The van der Waals surface area contributed by atoms with Crippen LogP contribution in [0.4, 0.5) is 5.13 Å². The van der Waals surface area contributed by atoms with Crippen molar-refractivity contribution in [1.29, 1.82) is 0 Å². The Labute approximate surface area is 142 Å². The van der Waals surface area contributed by atoms with Crippen molar-refractivity contribution in [3.05, 3.63) is 0 Å². The van der Waals surface area contributed by atoms with E-state index in [4.69, 9.17) is 0 Å². The van der Waals surface area contributed by atoms with E-state index in [1.165, 1.54) is 0 Å². The molecule has 0 aliphatic rings. The van der Waals surface area contributed by atoms with E-state index in [-0.39, 0.29) is 21.3 Å². The van der Waals surface area contributed by atoms with E-state index in [9.17, 15) is 13.2 Å². The average Bonchev–Trinajstić information content (AvgIpc) is 2.96. The summed E-state index contributed by atoms with van der Waals surface area (Å²) in [5.41, 5.74) is 0. The lowest BCUT2D eigenvalue weighted by molar-refractivity contribution is -0.118. The lowest BCUT2D eigenvalue weighted by Gasteiger charge is -2.14. The van der Waals surface area contributed by atoms with Crippen molar-refractivity contribution in [2.45, 2.75) is 57.7 Å². The molecule has 0 aromatic carbocycles. The predicted molar refractivity (Wildman–Crippen MR) is 91.9 cm³/mol. The minimum Gasteiger partial charge on any atom is -0.300 e. The van der Waals surface area contributed by atoms with Crippen LogP contribution in [0, 0.1) is 11.8 Å². The Kier molecular flexibility index (Phi) is 8.07. The Hall–Kier alpha value is -1.06. The second kappa shape index (κ2) is 9.29. The van der Waals surface area contributed by atoms with E-state index in [0.717, 1.165) is 37.0 Å². The molecule has 0 spiro atoms. The van der Waals surface area contributed by atoms with Crippen molar-refractivity contribution < 1.29 is 13.2 Å². The first-order valence-electron chi connectivity index (χ1n) is 7.94. The molecule has 23 heavy (non-hydrogen) atoms. The maximum atomic E-state index is 12.2. The van der Waals surface area contributed by atoms with Crippen LogP contribution in [0.5, 0.6) is 0 Å². The van der Waals surface area contributed by atoms with Crippen LogP contribution >= 0.6 is 11.3 Å². The van der Waals surface area contributed by atoms with Gasteiger partial charge < -0.3 is 5.32 Å². The maximum absolute atomic E-state index is 12.2. The summed E-state index contributed by atoms with van der Waals surface area (Å²) in [6.07, 6.45) is 4.11. The second-order valence-electron chi connectivity index (χ2n) is 5.79. The normalized spacial score (nSPS) is 13.3. The summed E-state index contributed by atoms with van der Waals surface area (Å²) in [7, 11) is -3.68. The molecule has 0 aliphatic carbocycles. The molecule has 0 saturated heterocycles. The molecule has 1 amide bonds. The lowest BCUT2D eigenvalue weighted by Crippen LogP contribution is -2.29. The van der Waals surface area contributed by atoms with Gasteiger partial charge in [0.15, 0.2) is 0 Å². The third-order valence-corrected chi connectivity index (χ3v) is 6.13. The van der Waals surface area contributed by atoms with E-state index in [1.807, 2.05) is 0 Å². The van der Waals surface area contributed by atoms with E-state index in [1.54, 1.807) is 13.8 Å². The molecule has 1 atom stereocenters. The van der Waals surface area contributed by atoms with Gasteiger partial charge in [0.25, 0.3) is 10.0 Å². The van der Waals surface area contributed by atoms with Crippen LogP contribution in [0.3, 0.4) is 0 Å². The van der Waals surface area contributed by atoms with Crippen LogP contribution in [0.1, 0.15) is 53.4 Å². The number of aromatic nitrogens is 2. The van der Waals surface area contributed by atoms with Gasteiger partial charge >= 0.3 is 0 Å². The summed E-state index contributed by atoms with van der Waals surface area (Å²) in [4.78, 5) is 11.6. The summed E-state index contributed by atoms with van der Waals surface area (Å²) in [6, 6.07) is 0. The van der Waals surface area contributed by atoms with Crippen LogP contribution in [0.2, 0.25) is 0 Å². The number of carbonyl (C=O) groups is 1. The van der Waals surface area contributed by atoms with E-state index < -0.39 is 10.0 Å². The Balaban J connectivity index is 2.66. The van der Waals surface area contributed by atoms with E-state index in [0.29, 0.717) is 12.5 Å². The number of hydrogen-bond donors (Lipinski definition) is 2. The zero-order valence-corrected chi connectivity index (χ0v) is 15.8. The second-order valence-corrected chi connectivity index (χ2v) is 8.70. The number of anilines is 1. The fraction of sp³-hybridized carbons (Fsp3) is 0.786. The molecular formula is C14H26N4O3S2. The van der Waals surface area contributed by atoms with Crippen molar-refractivity contribution in [2.75, 3.05) is 11.9 Å². The lowest BCUT2D eigenvalue weighted by atomic mass is 10.00. The molecule has 1 aromatic rings. The number of unbranched alkanes of at least 4 members (excludes halogenated alkanes) is 1. The van der Waals surface area contributed by atoms with Gasteiger partial charge in [-0.1, -0.05) is 58.3 Å². The number of amides is 1. The standard InChI is InChI=1S/C14H26N4O3S2/c1-5-7-8-11(6-2)9-15-23(20,21)14-18-17-13(22-14)16-12(19)10(3)4/h10-11,15H,5-9H2,1-4H3,(H,16,17,19). The number of nitrogens with zero attached hydrogens (tertiary/aromatic N) is 2.